The van der Waals surface area contributed by atoms with Crippen molar-refractivity contribution in [3.05, 3.63) is 0 Å². The van der Waals surface area contributed by atoms with Gasteiger partial charge in [-0.2, -0.15) is 0 Å². The first-order valence-corrected chi connectivity index (χ1v) is 8.34. The number of rotatable bonds is 1. The fraction of sp³-hybridized carbons (Fsp3) is 1.00. The van der Waals surface area contributed by atoms with Crippen LogP contribution in [0.3, 0.4) is 0 Å². The minimum atomic E-state index is -1.01. The molecule has 0 heteroatoms. The average molecular weight is 250 g/mol. The number of hydrogen-bond donors (Lipinski definition) is 0. The molecule has 4 unspecified atom stereocenters. The van der Waals surface area contributed by atoms with Crippen LogP contribution in [0.4, 0.5) is 0 Å². The van der Waals surface area contributed by atoms with Gasteiger partial charge in [0.1, 0.15) is 0 Å². The van der Waals surface area contributed by atoms with Crippen LogP contribution in [0.1, 0.15) is 81.3 Å². The van der Waals surface area contributed by atoms with Gasteiger partial charge in [0, 0.05) is 2.74 Å². The lowest BCUT2D eigenvalue weighted by atomic mass is 9.71. The molecule has 3 aliphatic rings. The van der Waals surface area contributed by atoms with Crippen molar-refractivity contribution in [2.75, 3.05) is 0 Å². The van der Waals surface area contributed by atoms with E-state index in [-0.39, 0.29) is 5.41 Å². The summed E-state index contributed by atoms with van der Waals surface area (Å²) in [5, 5.41) is 0. The summed E-state index contributed by atoms with van der Waals surface area (Å²) < 4.78 is 17.8. The maximum atomic E-state index is 8.89. The van der Waals surface area contributed by atoms with E-state index in [1.807, 2.05) is 0 Å². The Hall–Kier alpha value is 0. The minimum Gasteiger partial charge on any atom is -0.0602 e. The quantitative estimate of drug-likeness (QED) is 0.563. The Morgan fingerprint density at radius 2 is 1.17 bits per heavy atom. The molecule has 0 aliphatic heterocycles. The molecule has 0 N–H and O–H groups in total. The fourth-order valence-corrected chi connectivity index (χ4v) is 5.36. The molecule has 3 saturated carbocycles. The van der Waals surface area contributed by atoms with Crippen LogP contribution in [-0.2, 0) is 0 Å². The Balaban J connectivity index is 1.95. The standard InChI is InChI=1S/C18H32/c1-18(2,3)12-17-15-10-6-4-8-13(15)14-9-5-7-11-16(14)17/h13-17H,4-12H2,1-3H3/i12D2. The molecule has 0 radical (unpaired) electrons. The number of hydrogen-bond acceptors (Lipinski definition) is 0. The molecule has 0 nitrogen and oxygen atoms in total. The zero-order chi connectivity index (χ0) is 14.5. The van der Waals surface area contributed by atoms with Gasteiger partial charge in [-0.1, -0.05) is 46.5 Å². The van der Waals surface area contributed by atoms with Crippen molar-refractivity contribution in [3.63, 3.8) is 0 Å². The summed E-state index contributed by atoms with van der Waals surface area (Å²) in [5.74, 6) is 3.42. The van der Waals surface area contributed by atoms with Crippen molar-refractivity contribution in [1.29, 1.82) is 0 Å². The van der Waals surface area contributed by atoms with Gasteiger partial charge in [-0.15, -0.1) is 0 Å². The minimum absolute atomic E-state index is 0.230. The average Bonchev–Trinajstić information content (AvgIpc) is 2.72. The Kier molecular flexibility index (Phi) is 2.89. The van der Waals surface area contributed by atoms with Gasteiger partial charge >= 0.3 is 0 Å². The molecular formula is C18H32. The van der Waals surface area contributed by atoms with E-state index in [0.29, 0.717) is 17.8 Å². The Labute approximate surface area is 117 Å². The van der Waals surface area contributed by atoms with Gasteiger partial charge in [-0.3, -0.25) is 0 Å². The van der Waals surface area contributed by atoms with Crippen molar-refractivity contribution in [2.24, 2.45) is 35.0 Å². The van der Waals surface area contributed by atoms with Gasteiger partial charge in [0.15, 0.2) is 0 Å². The Bertz CT molecular complexity index is 333. The van der Waals surface area contributed by atoms with Crippen molar-refractivity contribution in [3.8, 4) is 0 Å². The van der Waals surface area contributed by atoms with Crippen molar-refractivity contribution >= 4 is 0 Å². The molecule has 0 aromatic heterocycles. The first kappa shape index (κ1) is 10.7. The van der Waals surface area contributed by atoms with Gasteiger partial charge in [-0.05, 0) is 67.1 Å². The van der Waals surface area contributed by atoms with Gasteiger partial charge in [0.25, 0.3) is 0 Å². The molecule has 4 atom stereocenters. The second kappa shape index (κ2) is 4.84. The molecule has 0 aromatic rings. The fourth-order valence-electron chi connectivity index (χ4n) is 5.36. The summed E-state index contributed by atoms with van der Waals surface area (Å²) in [5.41, 5.74) is -0.230. The lowest BCUT2D eigenvalue weighted by Gasteiger charge is -2.34. The van der Waals surface area contributed by atoms with Crippen molar-refractivity contribution < 1.29 is 2.74 Å². The van der Waals surface area contributed by atoms with Crippen LogP contribution >= 0.6 is 0 Å². The van der Waals surface area contributed by atoms with Crippen LogP contribution in [-0.4, -0.2) is 0 Å². The smallest absolute Gasteiger partial charge is 0.0275 e. The van der Waals surface area contributed by atoms with Crippen molar-refractivity contribution in [1.82, 2.24) is 0 Å². The molecular weight excluding hydrogens is 216 g/mol. The molecule has 0 amide bonds. The van der Waals surface area contributed by atoms with E-state index in [1.54, 1.807) is 0 Å². The molecule has 3 rings (SSSR count). The highest BCUT2D eigenvalue weighted by Gasteiger charge is 2.51. The molecule has 0 saturated heterocycles. The summed E-state index contributed by atoms with van der Waals surface area (Å²) >= 11 is 0. The first-order chi connectivity index (χ1) is 9.34. The van der Waals surface area contributed by atoms with E-state index >= 15 is 0 Å². The normalized spacial score (nSPS) is 46.9. The summed E-state index contributed by atoms with van der Waals surface area (Å²) in [6.45, 7) is 6.34. The highest BCUT2D eigenvalue weighted by Crippen LogP contribution is 2.59. The van der Waals surface area contributed by atoms with E-state index in [4.69, 9.17) is 2.74 Å². The lowest BCUT2D eigenvalue weighted by molar-refractivity contribution is 0.157. The molecule has 0 aromatic carbocycles. The van der Waals surface area contributed by atoms with Crippen LogP contribution in [0, 0.1) is 35.0 Å². The third kappa shape index (κ3) is 2.37. The predicted octanol–water partition coefficient (Wildman–Crippen LogP) is 5.67. The highest BCUT2D eigenvalue weighted by molar-refractivity contribution is 5.00. The second-order valence-electron chi connectivity index (χ2n) is 8.14. The summed E-state index contributed by atoms with van der Waals surface area (Å²) in [4.78, 5) is 0. The Morgan fingerprint density at radius 3 is 1.56 bits per heavy atom. The molecule has 3 aliphatic carbocycles. The van der Waals surface area contributed by atoms with E-state index < -0.39 is 6.37 Å². The largest absolute Gasteiger partial charge is 0.0602 e. The van der Waals surface area contributed by atoms with Crippen LogP contribution in [0.5, 0.6) is 0 Å². The topological polar surface area (TPSA) is 0 Å². The van der Waals surface area contributed by atoms with E-state index in [9.17, 15) is 0 Å². The summed E-state index contributed by atoms with van der Waals surface area (Å²) in [6, 6.07) is 0. The van der Waals surface area contributed by atoms with Gasteiger partial charge in [-0.25, -0.2) is 0 Å². The molecule has 3 fully saturated rings. The first-order valence-electron chi connectivity index (χ1n) is 9.34. The zero-order valence-corrected chi connectivity index (χ0v) is 12.5. The summed E-state index contributed by atoms with van der Waals surface area (Å²) in [6.07, 6.45) is 9.87. The van der Waals surface area contributed by atoms with Gasteiger partial charge in [0.2, 0.25) is 0 Å². The monoisotopic (exact) mass is 250 g/mol. The lowest BCUT2D eigenvalue weighted by Crippen LogP contribution is -2.25. The van der Waals surface area contributed by atoms with Crippen LogP contribution in [0.15, 0.2) is 0 Å². The second-order valence-corrected chi connectivity index (χ2v) is 8.14. The van der Waals surface area contributed by atoms with E-state index in [1.165, 1.54) is 51.4 Å². The third-order valence-corrected chi connectivity index (χ3v) is 5.82. The number of fused-ring (bicyclic) bond motifs is 3. The Morgan fingerprint density at radius 1 is 0.778 bits per heavy atom. The maximum absolute atomic E-state index is 8.89. The summed E-state index contributed by atoms with van der Waals surface area (Å²) in [7, 11) is 0. The SMILES string of the molecule is [2H]C([2H])(C1C2CCCCC2C2CCCCC21)C(C)(C)C. The third-order valence-electron chi connectivity index (χ3n) is 5.82. The van der Waals surface area contributed by atoms with Gasteiger partial charge < -0.3 is 0 Å². The van der Waals surface area contributed by atoms with Crippen LogP contribution in [0.25, 0.3) is 0 Å². The van der Waals surface area contributed by atoms with Gasteiger partial charge in [0.05, 0.1) is 0 Å². The molecule has 0 spiro atoms. The van der Waals surface area contributed by atoms with E-state index in [2.05, 4.69) is 20.8 Å². The molecule has 0 heterocycles. The zero-order valence-electron chi connectivity index (χ0n) is 14.5. The van der Waals surface area contributed by atoms with Crippen LogP contribution in [0.2, 0.25) is 0 Å². The highest BCUT2D eigenvalue weighted by atomic mass is 14.6. The predicted molar refractivity (Wildman–Crippen MR) is 78.5 cm³/mol. The van der Waals surface area contributed by atoms with E-state index in [0.717, 1.165) is 11.8 Å². The molecule has 0 bridgehead atoms. The molecule has 104 valence electrons. The molecule has 18 heavy (non-hydrogen) atoms. The van der Waals surface area contributed by atoms with Crippen LogP contribution < -0.4 is 0 Å². The van der Waals surface area contributed by atoms with Crippen molar-refractivity contribution in [2.45, 2.75) is 78.5 Å². The maximum Gasteiger partial charge on any atom is 0.0275 e.